The van der Waals surface area contributed by atoms with Crippen LogP contribution in [0.2, 0.25) is 0 Å². The molecule has 0 fully saturated rings. The molecule has 15 heavy (non-hydrogen) atoms. The van der Waals surface area contributed by atoms with Crippen molar-refractivity contribution < 1.29 is 0 Å². The average molecular weight is 201 g/mol. The molecule has 0 aliphatic rings. The highest BCUT2D eigenvalue weighted by Gasteiger charge is 2.03. The minimum Gasteiger partial charge on any atom is -0.340 e. The second-order valence-electron chi connectivity index (χ2n) is 3.90. The average Bonchev–Trinajstić information content (AvgIpc) is 2.56. The van der Waals surface area contributed by atoms with E-state index < -0.39 is 0 Å². The number of nitrogens with zero attached hydrogens (tertiary/aromatic N) is 3. The van der Waals surface area contributed by atoms with Crippen molar-refractivity contribution in [3.05, 3.63) is 47.3 Å². The zero-order valence-corrected chi connectivity index (χ0v) is 9.36. The predicted octanol–water partition coefficient (Wildman–Crippen LogP) is 2.02. The molecule has 0 spiro atoms. The maximum absolute atomic E-state index is 4.44. The SMILES string of the molecule is Cc1ccc(Cc2cn(C)cn2)c(C)n1. The molecule has 0 aromatic carbocycles. The molecule has 3 heteroatoms. The first kappa shape index (κ1) is 9.90. The van der Waals surface area contributed by atoms with Gasteiger partial charge in [-0.05, 0) is 25.5 Å². The molecule has 0 unspecified atom stereocenters. The van der Waals surface area contributed by atoms with E-state index in [1.54, 1.807) is 0 Å². The lowest BCUT2D eigenvalue weighted by Crippen LogP contribution is -1.96. The first-order chi connectivity index (χ1) is 7.15. The first-order valence-corrected chi connectivity index (χ1v) is 5.05. The molecule has 3 nitrogen and oxygen atoms in total. The van der Waals surface area contributed by atoms with Crippen LogP contribution in [0.5, 0.6) is 0 Å². The third-order valence-electron chi connectivity index (χ3n) is 2.46. The topological polar surface area (TPSA) is 30.7 Å². The molecule has 0 atom stereocenters. The van der Waals surface area contributed by atoms with Gasteiger partial charge in [0.15, 0.2) is 0 Å². The lowest BCUT2D eigenvalue weighted by atomic mass is 10.1. The van der Waals surface area contributed by atoms with Gasteiger partial charge in [-0.2, -0.15) is 0 Å². The van der Waals surface area contributed by atoms with Crippen LogP contribution in [-0.2, 0) is 13.5 Å². The maximum atomic E-state index is 4.44. The normalized spacial score (nSPS) is 10.6. The van der Waals surface area contributed by atoms with E-state index in [2.05, 4.69) is 16.0 Å². The molecule has 2 rings (SSSR count). The van der Waals surface area contributed by atoms with Gasteiger partial charge in [0.25, 0.3) is 0 Å². The van der Waals surface area contributed by atoms with Crippen molar-refractivity contribution in [1.29, 1.82) is 0 Å². The Bertz CT molecular complexity index is 471. The molecular formula is C12H15N3. The third-order valence-corrected chi connectivity index (χ3v) is 2.46. The van der Waals surface area contributed by atoms with Crippen molar-refractivity contribution in [3.63, 3.8) is 0 Å². The Labute approximate surface area is 89.8 Å². The first-order valence-electron chi connectivity index (χ1n) is 5.05. The Kier molecular flexibility index (Phi) is 2.54. The predicted molar refractivity (Wildman–Crippen MR) is 59.7 cm³/mol. The highest BCUT2D eigenvalue weighted by molar-refractivity contribution is 5.25. The van der Waals surface area contributed by atoms with E-state index in [9.17, 15) is 0 Å². The number of hydrogen-bond acceptors (Lipinski definition) is 2. The molecule has 2 heterocycles. The number of imidazole rings is 1. The summed E-state index contributed by atoms with van der Waals surface area (Å²) >= 11 is 0. The molecule has 0 N–H and O–H groups in total. The summed E-state index contributed by atoms with van der Waals surface area (Å²) in [6.45, 7) is 4.06. The lowest BCUT2D eigenvalue weighted by Gasteiger charge is -2.03. The van der Waals surface area contributed by atoms with Crippen molar-refractivity contribution in [3.8, 4) is 0 Å². The highest BCUT2D eigenvalue weighted by atomic mass is 15.0. The van der Waals surface area contributed by atoms with Crippen LogP contribution in [0.4, 0.5) is 0 Å². The van der Waals surface area contributed by atoms with Crippen molar-refractivity contribution >= 4 is 0 Å². The van der Waals surface area contributed by atoms with Gasteiger partial charge in [-0.3, -0.25) is 4.98 Å². The number of rotatable bonds is 2. The van der Waals surface area contributed by atoms with E-state index >= 15 is 0 Å². The van der Waals surface area contributed by atoms with Gasteiger partial charge in [0, 0.05) is 31.1 Å². The fourth-order valence-electron chi connectivity index (χ4n) is 1.66. The van der Waals surface area contributed by atoms with Gasteiger partial charge in [0.1, 0.15) is 0 Å². The maximum Gasteiger partial charge on any atom is 0.0946 e. The van der Waals surface area contributed by atoms with Gasteiger partial charge in [0.05, 0.1) is 12.0 Å². The van der Waals surface area contributed by atoms with Crippen molar-refractivity contribution in [2.45, 2.75) is 20.3 Å². The fourth-order valence-corrected chi connectivity index (χ4v) is 1.66. The van der Waals surface area contributed by atoms with Crippen LogP contribution in [0.15, 0.2) is 24.7 Å². The van der Waals surface area contributed by atoms with Crippen LogP contribution in [-0.4, -0.2) is 14.5 Å². The fraction of sp³-hybridized carbons (Fsp3) is 0.333. The second-order valence-corrected chi connectivity index (χ2v) is 3.90. The van der Waals surface area contributed by atoms with Gasteiger partial charge < -0.3 is 4.57 Å². The summed E-state index contributed by atoms with van der Waals surface area (Å²) in [4.78, 5) is 8.75. The van der Waals surface area contributed by atoms with Crippen LogP contribution in [0, 0.1) is 13.8 Å². The van der Waals surface area contributed by atoms with Crippen LogP contribution in [0.3, 0.4) is 0 Å². The van der Waals surface area contributed by atoms with Gasteiger partial charge in [0.2, 0.25) is 0 Å². The van der Waals surface area contributed by atoms with E-state index in [-0.39, 0.29) is 0 Å². The Balaban J connectivity index is 2.24. The quantitative estimate of drug-likeness (QED) is 0.744. The second kappa shape index (κ2) is 3.85. The minimum absolute atomic E-state index is 0.861. The molecule has 2 aromatic rings. The minimum atomic E-state index is 0.861. The zero-order valence-electron chi connectivity index (χ0n) is 9.36. The van der Waals surface area contributed by atoms with E-state index in [0.29, 0.717) is 0 Å². The van der Waals surface area contributed by atoms with Gasteiger partial charge >= 0.3 is 0 Å². The molecule has 0 aliphatic heterocycles. The molecule has 0 radical (unpaired) electrons. The van der Waals surface area contributed by atoms with Gasteiger partial charge in [-0.25, -0.2) is 4.98 Å². The lowest BCUT2D eigenvalue weighted by molar-refractivity contribution is 0.912. The molecule has 2 aromatic heterocycles. The number of aromatic nitrogens is 3. The summed E-state index contributed by atoms with van der Waals surface area (Å²) in [5.41, 5.74) is 4.50. The Morgan fingerprint density at radius 3 is 2.67 bits per heavy atom. The van der Waals surface area contributed by atoms with E-state index in [1.807, 2.05) is 44.1 Å². The molecule has 0 bridgehead atoms. The Morgan fingerprint density at radius 2 is 2.07 bits per heavy atom. The van der Waals surface area contributed by atoms with Crippen LogP contribution in [0.1, 0.15) is 22.6 Å². The summed E-state index contributed by atoms with van der Waals surface area (Å²) < 4.78 is 1.96. The van der Waals surface area contributed by atoms with Crippen molar-refractivity contribution in [1.82, 2.24) is 14.5 Å². The molecule has 78 valence electrons. The van der Waals surface area contributed by atoms with Crippen LogP contribution < -0.4 is 0 Å². The van der Waals surface area contributed by atoms with Gasteiger partial charge in [-0.1, -0.05) is 6.07 Å². The largest absolute Gasteiger partial charge is 0.340 e. The highest BCUT2D eigenvalue weighted by Crippen LogP contribution is 2.11. The van der Waals surface area contributed by atoms with Crippen LogP contribution in [0.25, 0.3) is 0 Å². The van der Waals surface area contributed by atoms with Crippen molar-refractivity contribution in [2.24, 2.45) is 7.05 Å². The molecule has 0 amide bonds. The number of hydrogen-bond donors (Lipinski definition) is 0. The number of pyridine rings is 1. The smallest absolute Gasteiger partial charge is 0.0946 e. The molecule has 0 saturated heterocycles. The summed E-state index contributed by atoms with van der Waals surface area (Å²) in [5.74, 6) is 0. The zero-order chi connectivity index (χ0) is 10.8. The standard InChI is InChI=1S/C12H15N3/c1-9-4-5-11(10(2)14-9)6-12-7-15(3)8-13-12/h4-5,7-8H,6H2,1-3H3. The molecule has 0 saturated carbocycles. The Morgan fingerprint density at radius 1 is 1.27 bits per heavy atom. The monoisotopic (exact) mass is 201 g/mol. The van der Waals surface area contributed by atoms with Crippen LogP contribution >= 0.6 is 0 Å². The summed E-state index contributed by atoms with van der Waals surface area (Å²) in [5, 5.41) is 0. The van der Waals surface area contributed by atoms with Crippen molar-refractivity contribution in [2.75, 3.05) is 0 Å². The van der Waals surface area contributed by atoms with E-state index in [4.69, 9.17) is 0 Å². The number of aryl methyl sites for hydroxylation is 3. The summed E-state index contributed by atoms with van der Waals surface area (Å²) in [6.07, 6.45) is 4.73. The summed E-state index contributed by atoms with van der Waals surface area (Å²) in [7, 11) is 1.98. The van der Waals surface area contributed by atoms with E-state index in [0.717, 1.165) is 23.5 Å². The van der Waals surface area contributed by atoms with E-state index in [1.165, 1.54) is 5.56 Å². The molecular weight excluding hydrogens is 186 g/mol. The third kappa shape index (κ3) is 2.24. The molecule has 0 aliphatic carbocycles. The Hall–Kier alpha value is -1.64. The van der Waals surface area contributed by atoms with Gasteiger partial charge in [-0.15, -0.1) is 0 Å². The summed E-state index contributed by atoms with van der Waals surface area (Å²) in [6, 6.07) is 4.18.